The zero-order chi connectivity index (χ0) is 13.5. The molecule has 0 fully saturated rings. The van der Waals surface area contributed by atoms with Crippen LogP contribution in [0.1, 0.15) is 13.3 Å². The Morgan fingerprint density at radius 1 is 1.56 bits per heavy atom. The summed E-state index contributed by atoms with van der Waals surface area (Å²) < 4.78 is 6.92. The van der Waals surface area contributed by atoms with Crippen molar-refractivity contribution in [3.05, 3.63) is 37.9 Å². The van der Waals surface area contributed by atoms with Crippen LogP contribution in [-0.4, -0.2) is 19.6 Å². The van der Waals surface area contributed by atoms with Crippen LogP contribution in [0.4, 0.5) is 5.69 Å². The number of ether oxygens (including phenoxy) is 1. The Bertz CT molecular complexity index is 460. The van der Waals surface area contributed by atoms with Gasteiger partial charge in [-0.25, -0.2) is 4.79 Å². The van der Waals surface area contributed by atoms with Gasteiger partial charge in [0.05, 0.1) is 7.11 Å². The molecule has 0 heterocycles. The molecule has 0 saturated heterocycles. The summed E-state index contributed by atoms with van der Waals surface area (Å²) in [6.45, 7) is 2.54. The number of carbonyl (C=O) groups excluding carboxylic acids is 1. The van der Waals surface area contributed by atoms with E-state index >= 15 is 0 Å². The van der Waals surface area contributed by atoms with Crippen LogP contribution in [0, 0.1) is 3.57 Å². The maximum atomic E-state index is 11.4. The third-order valence-corrected chi connectivity index (χ3v) is 4.73. The normalized spacial score (nSPS) is 11.2. The molecule has 0 atom stereocenters. The molecule has 0 aromatic heterocycles. The summed E-state index contributed by atoms with van der Waals surface area (Å²) in [5.41, 5.74) is 1.72. The first kappa shape index (κ1) is 15.5. The average Bonchev–Trinajstić information content (AvgIpc) is 2.38. The van der Waals surface area contributed by atoms with Gasteiger partial charge in [0, 0.05) is 25.8 Å². The van der Waals surface area contributed by atoms with Crippen LogP contribution in [-0.2, 0) is 9.53 Å². The molecule has 0 saturated carbocycles. The molecular weight excluding hydrogens is 409 g/mol. The Hall–Kier alpha value is -0.560. The van der Waals surface area contributed by atoms with Crippen molar-refractivity contribution < 1.29 is 9.53 Å². The molecule has 0 amide bonds. The molecule has 0 radical (unpaired) electrons. The molecule has 0 aliphatic heterocycles. The van der Waals surface area contributed by atoms with Gasteiger partial charge in [-0.15, -0.1) is 0 Å². The molecule has 98 valence electrons. The van der Waals surface area contributed by atoms with Gasteiger partial charge in [-0.1, -0.05) is 13.0 Å². The maximum absolute atomic E-state index is 11.4. The van der Waals surface area contributed by atoms with Gasteiger partial charge in [-0.2, -0.15) is 0 Å². The van der Waals surface area contributed by atoms with E-state index in [1.54, 1.807) is 0 Å². The molecule has 1 N–H and O–H groups in total. The molecule has 0 spiro atoms. The Balaban J connectivity index is 2.62. The summed E-state index contributed by atoms with van der Waals surface area (Å²) in [5.74, 6) is -0.260. The minimum Gasteiger partial charge on any atom is -0.466 e. The van der Waals surface area contributed by atoms with Gasteiger partial charge in [0.2, 0.25) is 0 Å². The summed E-state index contributed by atoms with van der Waals surface area (Å²) in [5, 5.41) is 3.25. The molecular formula is C13H15BrINO2. The smallest absolute Gasteiger partial charge is 0.333 e. The molecule has 0 aliphatic rings. The predicted octanol–water partition coefficient (Wildman–Crippen LogP) is 3.98. The largest absolute Gasteiger partial charge is 0.466 e. The molecule has 0 bridgehead atoms. The van der Waals surface area contributed by atoms with E-state index in [1.807, 2.05) is 31.2 Å². The highest BCUT2D eigenvalue weighted by atomic mass is 127. The molecule has 18 heavy (non-hydrogen) atoms. The third kappa shape index (κ3) is 4.61. The fourth-order valence-corrected chi connectivity index (χ4v) is 2.16. The number of carbonyl (C=O) groups is 1. The van der Waals surface area contributed by atoms with Gasteiger partial charge in [0.25, 0.3) is 0 Å². The summed E-state index contributed by atoms with van der Waals surface area (Å²) >= 11 is 5.71. The Kier molecular flexibility index (Phi) is 6.70. The second kappa shape index (κ2) is 7.78. The van der Waals surface area contributed by atoms with E-state index < -0.39 is 0 Å². The molecule has 1 aromatic carbocycles. The average molecular weight is 424 g/mol. The second-order valence-corrected chi connectivity index (χ2v) is 5.60. The van der Waals surface area contributed by atoms with Crippen LogP contribution < -0.4 is 5.32 Å². The van der Waals surface area contributed by atoms with Crippen molar-refractivity contribution >= 4 is 50.2 Å². The van der Waals surface area contributed by atoms with Crippen LogP contribution in [0.15, 0.2) is 34.3 Å². The number of halogens is 2. The van der Waals surface area contributed by atoms with Gasteiger partial charge in [0.15, 0.2) is 0 Å². The summed E-state index contributed by atoms with van der Waals surface area (Å²) in [6.07, 6.45) is 2.53. The van der Waals surface area contributed by atoms with Crippen molar-refractivity contribution in [3.8, 4) is 0 Å². The SMILES string of the molecule is CC/C(=C/CNc1ccc(Br)c(I)c1)C(=O)OC. The second-order valence-electron chi connectivity index (χ2n) is 3.58. The van der Waals surface area contributed by atoms with Crippen molar-refractivity contribution in [1.82, 2.24) is 0 Å². The molecule has 3 nitrogen and oxygen atoms in total. The van der Waals surface area contributed by atoms with Gasteiger partial charge in [0.1, 0.15) is 0 Å². The van der Waals surface area contributed by atoms with Crippen molar-refractivity contribution in [1.29, 1.82) is 0 Å². The standard InChI is InChI=1S/C13H15BrINO2/c1-3-9(13(17)18-2)6-7-16-10-4-5-11(14)12(15)8-10/h4-6,8,16H,3,7H2,1-2H3/b9-6-. The molecule has 0 unspecified atom stereocenters. The lowest BCUT2D eigenvalue weighted by atomic mass is 10.2. The predicted molar refractivity (Wildman–Crippen MR) is 85.7 cm³/mol. The number of benzene rings is 1. The lowest BCUT2D eigenvalue weighted by Crippen LogP contribution is -2.07. The summed E-state index contributed by atoms with van der Waals surface area (Å²) in [7, 11) is 1.40. The first-order valence-corrected chi connectivity index (χ1v) is 7.42. The van der Waals surface area contributed by atoms with E-state index in [1.165, 1.54) is 7.11 Å². The van der Waals surface area contributed by atoms with Crippen LogP contribution in [0.3, 0.4) is 0 Å². The summed E-state index contributed by atoms with van der Waals surface area (Å²) in [4.78, 5) is 11.4. The Morgan fingerprint density at radius 2 is 2.28 bits per heavy atom. The van der Waals surface area contributed by atoms with E-state index in [4.69, 9.17) is 4.74 Å². The lowest BCUT2D eigenvalue weighted by Gasteiger charge is -2.06. The Labute approximate surface area is 129 Å². The molecule has 1 rings (SSSR count). The van der Waals surface area contributed by atoms with Gasteiger partial charge >= 0.3 is 5.97 Å². The molecule has 1 aromatic rings. The van der Waals surface area contributed by atoms with Crippen molar-refractivity contribution in [2.24, 2.45) is 0 Å². The van der Waals surface area contributed by atoms with Crippen LogP contribution in [0.2, 0.25) is 0 Å². The zero-order valence-corrected chi connectivity index (χ0v) is 14.0. The number of hydrogen-bond donors (Lipinski definition) is 1. The van der Waals surface area contributed by atoms with Gasteiger partial charge < -0.3 is 10.1 Å². The fraction of sp³-hybridized carbons (Fsp3) is 0.308. The van der Waals surface area contributed by atoms with Gasteiger partial charge in [-0.05, 0) is 63.1 Å². The Morgan fingerprint density at radius 3 is 2.83 bits per heavy atom. The molecule has 5 heteroatoms. The zero-order valence-electron chi connectivity index (χ0n) is 10.3. The number of rotatable bonds is 5. The monoisotopic (exact) mass is 423 g/mol. The topological polar surface area (TPSA) is 38.3 Å². The van der Waals surface area contributed by atoms with Crippen LogP contribution in [0.5, 0.6) is 0 Å². The van der Waals surface area contributed by atoms with Gasteiger partial charge in [-0.3, -0.25) is 0 Å². The maximum Gasteiger partial charge on any atom is 0.333 e. The fourth-order valence-electron chi connectivity index (χ4n) is 1.40. The minimum atomic E-state index is -0.260. The highest BCUT2D eigenvalue weighted by Gasteiger charge is 2.05. The summed E-state index contributed by atoms with van der Waals surface area (Å²) in [6, 6.07) is 6.03. The highest BCUT2D eigenvalue weighted by Crippen LogP contribution is 2.22. The van der Waals surface area contributed by atoms with E-state index in [0.717, 1.165) is 13.7 Å². The van der Waals surface area contributed by atoms with Crippen LogP contribution >= 0.6 is 38.5 Å². The number of esters is 1. The van der Waals surface area contributed by atoms with E-state index in [0.29, 0.717) is 18.5 Å². The highest BCUT2D eigenvalue weighted by molar-refractivity contribution is 14.1. The van der Waals surface area contributed by atoms with E-state index in [9.17, 15) is 4.79 Å². The number of methoxy groups -OCH3 is 1. The van der Waals surface area contributed by atoms with E-state index in [2.05, 4.69) is 43.8 Å². The minimum absolute atomic E-state index is 0.260. The third-order valence-electron chi connectivity index (χ3n) is 2.40. The quantitative estimate of drug-likeness (QED) is 0.442. The number of anilines is 1. The number of hydrogen-bond acceptors (Lipinski definition) is 3. The van der Waals surface area contributed by atoms with Crippen LogP contribution in [0.25, 0.3) is 0 Å². The molecule has 0 aliphatic carbocycles. The lowest BCUT2D eigenvalue weighted by molar-refractivity contribution is -0.136. The first-order valence-electron chi connectivity index (χ1n) is 5.54. The van der Waals surface area contributed by atoms with Crippen molar-refractivity contribution in [2.45, 2.75) is 13.3 Å². The number of nitrogens with one attached hydrogen (secondary N) is 1. The van der Waals surface area contributed by atoms with Crippen molar-refractivity contribution in [2.75, 3.05) is 19.0 Å². The van der Waals surface area contributed by atoms with E-state index in [-0.39, 0.29) is 5.97 Å². The first-order chi connectivity index (χ1) is 8.58. The van der Waals surface area contributed by atoms with Crippen molar-refractivity contribution in [3.63, 3.8) is 0 Å².